The van der Waals surface area contributed by atoms with Crippen molar-refractivity contribution in [1.82, 2.24) is 0 Å². The fourth-order valence-corrected chi connectivity index (χ4v) is 4.14. The van der Waals surface area contributed by atoms with Crippen molar-refractivity contribution in [2.24, 2.45) is 0 Å². The highest BCUT2D eigenvalue weighted by molar-refractivity contribution is 6.11. The second-order valence-electron chi connectivity index (χ2n) is 7.92. The molecule has 144 valence electrons. The third-order valence-electron chi connectivity index (χ3n) is 5.74. The van der Waals surface area contributed by atoms with E-state index in [1.54, 1.807) is 6.08 Å². The molecule has 2 aliphatic rings. The van der Waals surface area contributed by atoms with E-state index in [0.717, 1.165) is 43.2 Å². The predicted octanol–water partition coefficient (Wildman–Crippen LogP) is 5.26. The highest BCUT2D eigenvalue weighted by atomic mass is 16.5. The van der Waals surface area contributed by atoms with Gasteiger partial charge in [0, 0.05) is 6.07 Å². The summed E-state index contributed by atoms with van der Waals surface area (Å²) in [6.07, 6.45) is 8.45. The van der Waals surface area contributed by atoms with Crippen LogP contribution >= 0.6 is 0 Å². The lowest BCUT2D eigenvalue weighted by Gasteiger charge is -2.40. The van der Waals surface area contributed by atoms with E-state index in [-0.39, 0.29) is 22.9 Å². The van der Waals surface area contributed by atoms with Crippen LogP contribution in [-0.2, 0) is 0 Å². The molecule has 0 atom stereocenters. The summed E-state index contributed by atoms with van der Waals surface area (Å²) in [5.41, 5.74) is 2.12. The second kappa shape index (κ2) is 7.27. The first-order valence-corrected chi connectivity index (χ1v) is 9.84. The zero-order valence-electron chi connectivity index (χ0n) is 16.0. The fourth-order valence-electron chi connectivity index (χ4n) is 4.14. The summed E-state index contributed by atoms with van der Waals surface area (Å²) >= 11 is 0. The number of aromatic hydroxyl groups is 1. The number of carbonyl (C=O) groups is 2. The third-order valence-corrected chi connectivity index (χ3v) is 5.74. The molecule has 4 heteroatoms. The molecule has 1 heterocycles. The van der Waals surface area contributed by atoms with Crippen LogP contribution in [-0.4, -0.2) is 22.3 Å². The van der Waals surface area contributed by atoms with Crippen LogP contribution in [0.25, 0.3) is 6.08 Å². The molecule has 1 spiro atoms. The smallest absolute Gasteiger partial charge is 0.189 e. The number of rotatable bonds is 3. The average molecular weight is 376 g/mol. The van der Waals surface area contributed by atoms with Gasteiger partial charge in [0.2, 0.25) is 0 Å². The number of hydrogen-bond acceptors (Lipinski definition) is 4. The van der Waals surface area contributed by atoms with Gasteiger partial charge in [0.25, 0.3) is 0 Å². The zero-order chi connectivity index (χ0) is 19.7. The first-order chi connectivity index (χ1) is 13.5. The maximum absolute atomic E-state index is 12.8. The number of carbonyl (C=O) groups excluding carboxylic acids is 2. The molecule has 28 heavy (non-hydrogen) atoms. The van der Waals surface area contributed by atoms with E-state index in [2.05, 4.69) is 0 Å². The number of aryl methyl sites for hydroxylation is 1. The Hall–Kier alpha value is -2.88. The standard InChI is InChI=1S/C24H24O4/c1-16-5-7-17(8-6-16)9-10-20(25)18-13-19-22(27)15-24(11-3-2-4-12-24)28-23(19)14-21(18)26/h5-10,13-14,26H,2-4,11-12,15H2,1H3/b10-9+. The van der Waals surface area contributed by atoms with E-state index < -0.39 is 5.60 Å². The van der Waals surface area contributed by atoms with Crippen LogP contribution < -0.4 is 4.74 Å². The molecule has 2 aromatic rings. The first-order valence-electron chi connectivity index (χ1n) is 9.84. The maximum Gasteiger partial charge on any atom is 0.189 e. The van der Waals surface area contributed by atoms with Crippen LogP contribution in [0.1, 0.15) is 70.4 Å². The number of Topliss-reactive ketones (excluding diaryl/α,β-unsaturated/α-hetero) is 1. The SMILES string of the molecule is Cc1ccc(/C=C/C(=O)c2cc3c(cc2O)OC2(CCCCC2)CC3=O)cc1. The molecule has 0 amide bonds. The fraction of sp³-hybridized carbons (Fsp3) is 0.333. The highest BCUT2D eigenvalue weighted by Crippen LogP contribution is 2.43. The Morgan fingerprint density at radius 2 is 1.82 bits per heavy atom. The van der Waals surface area contributed by atoms with Gasteiger partial charge in [0.1, 0.15) is 17.1 Å². The van der Waals surface area contributed by atoms with Crippen molar-refractivity contribution in [2.45, 2.75) is 51.0 Å². The largest absolute Gasteiger partial charge is 0.507 e. The van der Waals surface area contributed by atoms with Gasteiger partial charge in [0.15, 0.2) is 11.6 Å². The van der Waals surface area contributed by atoms with Gasteiger partial charge < -0.3 is 9.84 Å². The number of ketones is 2. The Kier molecular flexibility index (Phi) is 4.80. The Labute approximate surface area is 164 Å². The molecule has 1 saturated carbocycles. The van der Waals surface area contributed by atoms with Crippen LogP contribution in [0.4, 0.5) is 0 Å². The predicted molar refractivity (Wildman–Crippen MR) is 108 cm³/mol. The number of phenols is 1. The van der Waals surface area contributed by atoms with E-state index in [9.17, 15) is 14.7 Å². The number of hydrogen-bond donors (Lipinski definition) is 1. The lowest BCUT2D eigenvalue weighted by molar-refractivity contribution is 0.0135. The molecule has 0 unspecified atom stereocenters. The summed E-state index contributed by atoms with van der Waals surface area (Å²) in [5, 5.41) is 10.4. The summed E-state index contributed by atoms with van der Waals surface area (Å²) in [5.74, 6) is -0.112. The highest BCUT2D eigenvalue weighted by Gasteiger charge is 2.41. The Morgan fingerprint density at radius 3 is 2.54 bits per heavy atom. The Bertz CT molecular complexity index is 947. The van der Waals surface area contributed by atoms with Gasteiger partial charge >= 0.3 is 0 Å². The summed E-state index contributed by atoms with van der Waals surface area (Å²) in [7, 11) is 0. The Balaban J connectivity index is 1.60. The lowest BCUT2D eigenvalue weighted by Crippen LogP contribution is -2.43. The minimum atomic E-state index is -0.439. The minimum absolute atomic E-state index is 0.0142. The topological polar surface area (TPSA) is 63.6 Å². The average Bonchev–Trinajstić information content (AvgIpc) is 2.67. The summed E-state index contributed by atoms with van der Waals surface area (Å²) < 4.78 is 6.18. The molecule has 1 N–H and O–H groups in total. The van der Waals surface area contributed by atoms with Gasteiger partial charge in [-0.2, -0.15) is 0 Å². The van der Waals surface area contributed by atoms with Gasteiger partial charge in [0.05, 0.1) is 17.5 Å². The molecule has 0 saturated heterocycles. The van der Waals surface area contributed by atoms with Gasteiger partial charge in [-0.05, 0) is 50.3 Å². The van der Waals surface area contributed by atoms with Crippen LogP contribution in [0.15, 0.2) is 42.5 Å². The van der Waals surface area contributed by atoms with Gasteiger partial charge in [-0.1, -0.05) is 42.3 Å². The summed E-state index contributed by atoms with van der Waals surface area (Å²) in [4.78, 5) is 25.4. The third kappa shape index (κ3) is 3.59. The quantitative estimate of drug-likeness (QED) is 0.586. The molecule has 0 radical (unpaired) electrons. The van der Waals surface area contributed by atoms with Crippen molar-refractivity contribution in [3.63, 3.8) is 0 Å². The molecule has 1 fully saturated rings. The van der Waals surface area contributed by atoms with Crippen molar-refractivity contribution < 1.29 is 19.4 Å². The summed E-state index contributed by atoms with van der Waals surface area (Å²) in [6, 6.07) is 10.7. The molecule has 1 aliphatic carbocycles. The molecule has 4 rings (SSSR count). The van der Waals surface area contributed by atoms with E-state index in [0.29, 0.717) is 17.7 Å². The molecule has 4 nitrogen and oxygen atoms in total. The van der Waals surface area contributed by atoms with Gasteiger partial charge in [-0.3, -0.25) is 9.59 Å². The number of allylic oxidation sites excluding steroid dienone is 1. The zero-order valence-corrected chi connectivity index (χ0v) is 16.0. The number of benzene rings is 2. The second-order valence-corrected chi connectivity index (χ2v) is 7.92. The molecular formula is C24H24O4. The van der Waals surface area contributed by atoms with E-state index in [1.165, 1.54) is 18.2 Å². The van der Waals surface area contributed by atoms with Crippen molar-refractivity contribution in [2.75, 3.05) is 0 Å². The van der Waals surface area contributed by atoms with Crippen molar-refractivity contribution in [3.05, 3.63) is 64.7 Å². The summed E-state index contributed by atoms with van der Waals surface area (Å²) in [6.45, 7) is 2.00. The van der Waals surface area contributed by atoms with E-state index >= 15 is 0 Å². The monoisotopic (exact) mass is 376 g/mol. The molecule has 0 bridgehead atoms. The normalized spacial score (nSPS) is 18.1. The van der Waals surface area contributed by atoms with Gasteiger partial charge in [-0.15, -0.1) is 0 Å². The molecule has 2 aromatic carbocycles. The van der Waals surface area contributed by atoms with Crippen molar-refractivity contribution in [1.29, 1.82) is 0 Å². The van der Waals surface area contributed by atoms with E-state index in [1.807, 2.05) is 31.2 Å². The molecular weight excluding hydrogens is 352 g/mol. The van der Waals surface area contributed by atoms with Crippen LogP contribution in [0.5, 0.6) is 11.5 Å². The van der Waals surface area contributed by atoms with Crippen LogP contribution in [0, 0.1) is 6.92 Å². The number of ether oxygens (including phenoxy) is 1. The number of phenolic OH excluding ortho intramolecular Hbond substituents is 1. The first kappa shape index (κ1) is 18.5. The van der Waals surface area contributed by atoms with Crippen LogP contribution in [0.3, 0.4) is 0 Å². The molecule has 1 aliphatic heterocycles. The van der Waals surface area contributed by atoms with Crippen molar-refractivity contribution >= 4 is 17.6 Å². The lowest BCUT2D eigenvalue weighted by atomic mass is 9.78. The molecule has 0 aromatic heterocycles. The van der Waals surface area contributed by atoms with Crippen LogP contribution in [0.2, 0.25) is 0 Å². The maximum atomic E-state index is 12.8. The number of fused-ring (bicyclic) bond motifs is 1. The van der Waals surface area contributed by atoms with E-state index in [4.69, 9.17) is 4.74 Å². The van der Waals surface area contributed by atoms with Crippen molar-refractivity contribution in [3.8, 4) is 11.5 Å². The minimum Gasteiger partial charge on any atom is -0.507 e. The van der Waals surface area contributed by atoms with Gasteiger partial charge in [-0.25, -0.2) is 0 Å². The Morgan fingerprint density at radius 1 is 1.11 bits per heavy atom.